The van der Waals surface area contributed by atoms with Gasteiger partial charge in [0.05, 0.1) is 71.1 Å². The number of nitrogens with one attached hydrogen (secondary N) is 3. The predicted molar refractivity (Wildman–Crippen MR) is 254 cm³/mol. The summed E-state index contributed by atoms with van der Waals surface area (Å²) in [6.07, 6.45) is 13.0. The number of benzene rings is 2. The fraction of sp³-hybridized carbons (Fsp3) is 0.574. The molecule has 18 heteroatoms. The van der Waals surface area contributed by atoms with Crippen LogP contribution in [0.15, 0.2) is 70.1 Å². The topological polar surface area (TPSA) is 216 Å². The lowest BCUT2D eigenvalue weighted by molar-refractivity contribution is -0.894. The molecule has 2 heterocycles. The van der Waals surface area contributed by atoms with Crippen LogP contribution < -0.4 is 20.0 Å². The van der Waals surface area contributed by atoms with Gasteiger partial charge in [-0.15, -0.1) is 6.42 Å². The van der Waals surface area contributed by atoms with Crippen LogP contribution in [-0.2, 0) is 46.0 Å². The van der Waals surface area contributed by atoms with Crippen LogP contribution in [-0.4, -0.2) is 120 Å². The van der Waals surface area contributed by atoms with Crippen molar-refractivity contribution < 1.29 is 58.1 Å². The zero-order valence-electron chi connectivity index (χ0n) is 40.1. The van der Waals surface area contributed by atoms with Crippen molar-refractivity contribution >= 4 is 53.3 Å². The lowest BCUT2D eigenvalue weighted by Gasteiger charge is -2.27. The molecule has 364 valence electrons. The molecule has 0 saturated heterocycles. The number of rotatable bonds is 21. The van der Waals surface area contributed by atoms with Crippen LogP contribution in [0.25, 0.3) is 0 Å². The second-order valence-electron chi connectivity index (χ2n) is 17.1. The van der Waals surface area contributed by atoms with Gasteiger partial charge in [0.1, 0.15) is 26.8 Å². The summed E-state index contributed by atoms with van der Waals surface area (Å²) in [5.41, 5.74) is 2.31. The monoisotopic (exact) mass is 963 g/mol. The maximum atomic E-state index is 12.0. The highest BCUT2D eigenvalue weighted by Gasteiger charge is 2.45. The van der Waals surface area contributed by atoms with Crippen molar-refractivity contribution in [2.75, 3.05) is 69.6 Å². The van der Waals surface area contributed by atoms with Gasteiger partial charge in [-0.05, 0) is 110 Å². The van der Waals surface area contributed by atoms with Crippen molar-refractivity contribution in [1.82, 2.24) is 5.32 Å². The summed E-state index contributed by atoms with van der Waals surface area (Å²) < 4.78 is 107. The molecule has 65 heavy (non-hydrogen) atoms. The number of carbonyl (C=O) groups excluding carboxylic acids is 1. The van der Waals surface area contributed by atoms with E-state index >= 15 is 0 Å². The van der Waals surface area contributed by atoms with Crippen molar-refractivity contribution in [2.24, 2.45) is 0 Å². The van der Waals surface area contributed by atoms with E-state index in [9.17, 15) is 43.7 Å². The molecule has 0 spiro atoms. The normalized spacial score (nSPS) is 16.0. The van der Waals surface area contributed by atoms with E-state index in [1.165, 1.54) is 69.6 Å². The Kier molecular flexibility index (Phi) is 22.2. The van der Waals surface area contributed by atoms with E-state index in [2.05, 4.69) is 52.8 Å². The maximum Gasteiger partial charge on any atom is 0.220 e. The van der Waals surface area contributed by atoms with Gasteiger partial charge in [-0.25, -0.2) is 25.3 Å². The van der Waals surface area contributed by atoms with Gasteiger partial charge in [0.15, 0.2) is 5.71 Å². The van der Waals surface area contributed by atoms with E-state index in [0.717, 1.165) is 11.4 Å². The molecule has 0 radical (unpaired) electrons. The lowest BCUT2D eigenvalue weighted by atomic mass is 9.81. The fourth-order valence-corrected chi connectivity index (χ4v) is 9.68. The number of carbonyl (C=O) groups is 1. The van der Waals surface area contributed by atoms with Crippen LogP contribution >= 0.6 is 0 Å². The molecule has 2 aliphatic heterocycles. The summed E-state index contributed by atoms with van der Waals surface area (Å²) in [4.78, 5) is 16.6. The number of anilines is 1. The Bertz CT molecular complexity index is 2370. The van der Waals surface area contributed by atoms with Gasteiger partial charge in [-0.3, -0.25) is 4.79 Å². The second-order valence-corrected chi connectivity index (χ2v) is 21.4. The largest absolute Gasteiger partial charge is 0.748 e. The van der Waals surface area contributed by atoms with E-state index in [1.807, 2.05) is 38.7 Å². The zero-order valence-corrected chi connectivity index (χ0v) is 42.5. The Morgan fingerprint density at radius 3 is 1.75 bits per heavy atom. The zero-order chi connectivity index (χ0) is 49.4. The van der Waals surface area contributed by atoms with Crippen molar-refractivity contribution in [3.8, 4) is 12.3 Å². The molecule has 0 saturated carbocycles. The molecule has 2 aromatic carbocycles. The standard InChI is InChI=1S/C35H43N3O10S3.2C6H15N/c1-6-19-36-33(39)14-8-7-9-20-37-29-17-15-25(50(43,44)45)23-27(29)34(2,3)31(37)12-10-13-32-35(4,5)28-24-26(51(46,47)48)16-18-30(28)38(32)21-11-22-49(40,41)42;2*1-4-7(5-2)6-3/h1,10,12-13,15-18,23-24H,7-9,11,14,19-22H2,2-5H3,(H3-,36,39,40,41,42,43,44,45,46,47,48);2*4-6H2,1-3H3. The Morgan fingerprint density at radius 1 is 0.754 bits per heavy atom. The molecule has 0 aromatic heterocycles. The van der Waals surface area contributed by atoms with Crippen LogP contribution in [0.5, 0.6) is 0 Å². The van der Waals surface area contributed by atoms with Crippen molar-refractivity contribution in [3.63, 3.8) is 0 Å². The number of fused-ring (bicyclic) bond motifs is 2. The quantitative estimate of drug-likeness (QED) is 0.0715. The Morgan fingerprint density at radius 2 is 1.28 bits per heavy atom. The van der Waals surface area contributed by atoms with Crippen LogP contribution in [0.4, 0.5) is 11.4 Å². The van der Waals surface area contributed by atoms with Crippen LogP contribution in [0.1, 0.15) is 112 Å². The summed E-state index contributed by atoms with van der Waals surface area (Å²) in [5.74, 6) is 1.62. The fourth-order valence-electron chi connectivity index (χ4n) is 8.20. The number of quaternary nitrogens is 2. The van der Waals surface area contributed by atoms with Gasteiger partial charge < -0.3 is 33.7 Å². The summed E-state index contributed by atoms with van der Waals surface area (Å²) in [6, 6.07) is 8.28. The van der Waals surface area contributed by atoms with Crippen LogP contribution in [0.2, 0.25) is 0 Å². The first kappa shape index (κ1) is 57.2. The van der Waals surface area contributed by atoms with Crippen LogP contribution in [0.3, 0.4) is 0 Å². The third kappa shape index (κ3) is 16.4. The number of hydrogen-bond donors (Lipinski definition) is 3. The number of hydrogen-bond acceptors (Lipinski definition) is 11. The second kappa shape index (κ2) is 25.3. The van der Waals surface area contributed by atoms with Crippen molar-refractivity contribution in [3.05, 3.63) is 71.5 Å². The van der Waals surface area contributed by atoms with E-state index in [4.69, 9.17) is 6.42 Å². The molecule has 0 fully saturated rings. The highest BCUT2D eigenvalue weighted by atomic mass is 32.2. The minimum Gasteiger partial charge on any atom is -0.748 e. The first-order valence-electron chi connectivity index (χ1n) is 22.6. The third-order valence-corrected chi connectivity index (χ3v) is 14.7. The van der Waals surface area contributed by atoms with E-state index in [-0.39, 0.29) is 30.3 Å². The highest BCUT2D eigenvalue weighted by molar-refractivity contribution is 7.86. The van der Waals surface area contributed by atoms with Crippen LogP contribution in [0, 0.1) is 12.3 Å². The van der Waals surface area contributed by atoms with Crippen molar-refractivity contribution in [1.29, 1.82) is 0 Å². The molecule has 4 rings (SSSR count). The van der Waals surface area contributed by atoms with E-state index in [1.54, 1.807) is 32.6 Å². The van der Waals surface area contributed by atoms with Gasteiger partial charge >= 0.3 is 0 Å². The molecular formula is C47H73N5O10S3. The lowest BCUT2D eigenvalue weighted by Crippen LogP contribution is -3.11. The Labute approximate surface area is 390 Å². The minimum absolute atomic E-state index is 0.00592. The number of unbranched alkanes of at least 4 members (excludes halogenated alkanes) is 2. The SMILES string of the molecule is C#CCNC(=O)CCCCCN1/C(=C/C=C/C2=[N+](CCCS(=O)(=O)[O-])c3ccc(S(=O)(=O)[O-])cc3C2(C)C)C(C)(C)c2cc(S(=O)(=O)[O-])ccc21.CC[NH+](CC)CC.CC[NH+](CC)CC. The van der Waals surface area contributed by atoms with E-state index < -0.39 is 51.8 Å². The Balaban J connectivity index is 0.000000894. The van der Waals surface area contributed by atoms with Gasteiger partial charge in [-0.2, -0.15) is 4.58 Å². The maximum absolute atomic E-state index is 12.0. The summed E-state index contributed by atoms with van der Waals surface area (Å²) in [5, 5.41) is 2.64. The summed E-state index contributed by atoms with van der Waals surface area (Å²) in [7, 11) is -14.0. The Hall–Kier alpha value is -3.93. The summed E-state index contributed by atoms with van der Waals surface area (Å²) in [6.45, 7) is 29.3. The molecule has 0 aliphatic carbocycles. The average Bonchev–Trinajstić information content (AvgIpc) is 3.58. The van der Waals surface area contributed by atoms with Gasteiger partial charge in [0.2, 0.25) is 11.6 Å². The molecule has 0 atom stereocenters. The first-order chi connectivity index (χ1) is 30.3. The van der Waals surface area contributed by atoms with E-state index in [0.29, 0.717) is 54.8 Å². The molecule has 3 N–H and O–H groups in total. The molecular weight excluding hydrogens is 891 g/mol. The van der Waals surface area contributed by atoms with Gasteiger partial charge in [0.25, 0.3) is 0 Å². The molecule has 0 bridgehead atoms. The number of nitrogens with zero attached hydrogens (tertiary/aromatic N) is 2. The molecule has 0 unspecified atom stereocenters. The van der Waals surface area contributed by atoms with Crippen molar-refractivity contribution in [2.45, 2.75) is 122 Å². The van der Waals surface area contributed by atoms with Gasteiger partial charge in [-0.1, -0.05) is 32.3 Å². The summed E-state index contributed by atoms with van der Waals surface area (Å²) >= 11 is 0. The highest BCUT2D eigenvalue weighted by Crippen LogP contribution is 2.49. The molecule has 15 nitrogen and oxygen atoms in total. The van der Waals surface area contributed by atoms with Gasteiger partial charge in [0, 0.05) is 59.6 Å². The first-order valence-corrected chi connectivity index (χ1v) is 27.0. The minimum atomic E-state index is -4.77. The number of amides is 1. The predicted octanol–water partition coefficient (Wildman–Crippen LogP) is 3.22. The third-order valence-electron chi connectivity index (χ3n) is 12.3. The molecule has 2 aromatic rings. The number of terminal acetylenes is 1. The smallest absolute Gasteiger partial charge is 0.220 e. The molecule has 1 amide bonds. The number of allylic oxidation sites excluding steroid dienone is 4. The average molecular weight is 964 g/mol. The molecule has 2 aliphatic rings.